The molecular weight excluding hydrogens is 218 g/mol. The molecule has 1 saturated carbocycles. The van der Waals surface area contributed by atoms with Gasteiger partial charge in [0, 0.05) is 17.5 Å². The number of ketones is 1. The maximum absolute atomic E-state index is 12.0. The number of Topliss-reactive ketones (excluding diaryl/α,β-unsaturated/α-hetero) is 1. The first-order chi connectivity index (χ1) is 8.29. The first kappa shape index (κ1) is 10.2. The van der Waals surface area contributed by atoms with Gasteiger partial charge in [-0.3, -0.25) is 4.79 Å². The van der Waals surface area contributed by atoms with Crippen LogP contribution in [-0.4, -0.2) is 19.0 Å². The molecule has 0 radical (unpaired) electrons. The lowest BCUT2D eigenvalue weighted by Crippen LogP contribution is -2.16. The van der Waals surface area contributed by atoms with Gasteiger partial charge in [-0.15, -0.1) is 0 Å². The number of rotatable bonds is 2. The van der Waals surface area contributed by atoms with E-state index < -0.39 is 0 Å². The van der Waals surface area contributed by atoms with Gasteiger partial charge in [-0.2, -0.15) is 5.26 Å². The van der Waals surface area contributed by atoms with Crippen LogP contribution in [0.2, 0.25) is 0 Å². The second-order valence-electron chi connectivity index (χ2n) is 4.29. The van der Waals surface area contributed by atoms with Crippen molar-refractivity contribution >= 4 is 5.78 Å². The van der Waals surface area contributed by atoms with E-state index in [1.807, 2.05) is 0 Å². The highest BCUT2D eigenvalue weighted by Gasteiger charge is 2.32. The molecule has 0 spiro atoms. The molecule has 4 heteroatoms. The van der Waals surface area contributed by atoms with Crippen LogP contribution in [0.3, 0.4) is 0 Å². The van der Waals surface area contributed by atoms with E-state index in [-0.39, 0.29) is 11.7 Å². The molecule has 1 heterocycles. The number of hydrogen-bond donors (Lipinski definition) is 0. The molecule has 0 saturated heterocycles. The molecule has 0 atom stereocenters. The van der Waals surface area contributed by atoms with Gasteiger partial charge in [0.05, 0.1) is 5.56 Å². The zero-order valence-electron chi connectivity index (χ0n) is 9.23. The summed E-state index contributed by atoms with van der Waals surface area (Å²) in [4.78, 5) is 12.0. The lowest BCUT2D eigenvalue weighted by atomic mass is 10.0. The summed E-state index contributed by atoms with van der Waals surface area (Å²) in [5.41, 5.74) is 0.852. The summed E-state index contributed by atoms with van der Waals surface area (Å²) in [5, 5.41) is 9.07. The second kappa shape index (κ2) is 3.77. The number of nitriles is 1. The summed E-state index contributed by atoms with van der Waals surface area (Å²) in [6, 6.07) is 5.30. The molecule has 0 unspecified atom stereocenters. The molecule has 17 heavy (non-hydrogen) atoms. The van der Waals surface area contributed by atoms with Gasteiger partial charge < -0.3 is 9.47 Å². The topological polar surface area (TPSA) is 59.3 Å². The van der Waals surface area contributed by atoms with Crippen LogP contribution in [0.1, 0.15) is 28.8 Å². The smallest absolute Gasteiger partial charge is 0.167 e. The van der Waals surface area contributed by atoms with Crippen molar-refractivity contribution in [1.82, 2.24) is 0 Å². The van der Waals surface area contributed by atoms with E-state index in [2.05, 4.69) is 6.07 Å². The standard InChI is InChI=1S/C13H11NO3/c14-7-9-5-11-12(17-4-3-16-11)6-10(9)13(15)8-1-2-8/h5-6,8H,1-4H2. The number of hydrogen-bond acceptors (Lipinski definition) is 4. The Morgan fingerprint density at radius 1 is 1.24 bits per heavy atom. The number of ether oxygens (including phenoxy) is 2. The molecule has 0 N–H and O–H groups in total. The van der Waals surface area contributed by atoms with Crippen molar-refractivity contribution < 1.29 is 14.3 Å². The summed E-state index contributed by atoms with van der Waals surface area (Å²) in [7, 11) is 0. The van der Waals surface area contributed by atoms with Crippen LogP contribution in [-0.2, 0) is 0 Å². The van der Waals surface area contributed by atoms with Crippen LogP contribution in [0.4, 0.5) is 0 Å². The Balaban J connectivity index is 2.07. The van der Waals surface area contributed by atoms with Gasteiger partial charge in [-0.1, -0.05) is 0 Å². The average Bonchev–Trinajstić information content (AvgIpc) is 3.20. The maximum atomic E-state index is 12.0. The zero-order valence-corrected chi connectivity index (χ0v) is 9.23. The number of nitrogens with zero attached hydrogens (tertiary/aromatic N) is 1. The highest BCUT2D eigenvalue weighted by molar-refractivity contribution is 6.02. The molecular formula is C13H11NO3. The third-order valence-electron chi connectivity index (χ3n) is 3.02. The highest BCUT2D eigenvalue weighted by atomic mass is 16.6. The van der Waals surface area contributed by atoms with Crippen molar-refractivity contribution in [2.24, 2.45) is 5.92 Å². The van der Waals surface area contributed by atoms with Gasteiger partial charge in [0.2, 0.25) is 0 Å². The van der Waals surface area contributed by atoms with Gasteiger partial charge in [0.25, 0.3) is 0 Å². The maximum Gasteiger partial charge on any atom is 0.167 e. The molecule has 0 amide bonds. The molecule has 1 aromatic rings. The van der Waals surface area contributed by atoms with Gasteiger partial charge >= 0.3 is 0 Å². The second-order valence-corrected chi connectivity index (χ2v) is 4.29. The quantitative estimate of drug-likeness (QED) is 0.727. The van der Waals surface area contributed by atoms with Crippen molar-refractivity contribution in [2.75, 3.05) is 13.2 Å². The Morgan fingerprint density at radius 3 is 2.47 bits per heavy atom. The van der Waals surface area contributed by atoms with Crippen LogP contribution in [0.5, 0.6) is 11.5 Å². The fourth-order valence-electron chi connectivity index (χ4n) is 1.95. The monoisotopic (exact) mass is 229 g/mol. The van der Waals surface area contributed by atoms with Crippen LogP contribution in [0, 0.1) is 17.2 Å². The molecule has 1 fully saturated rings. The summed E-state index contributed by atoms with van der Waals surface area (Å²) < 4.78 is 10.8. The predicted molar refractivity (Wildman–Crippen MR) is 59.2 cm³/mol. The lowest BCUT2D eigenvalue weighted by molar-refractivity contribution is 0.0966. The minimum Gasteiger partial charge on any atom is -0.486 e. The molecule has 1 aromatic carbocycles. The molecule has 2 aliphatic rings. The number of carbonyl (C=O) groups is 1. The van der Waals surface area contributed by atoms with Crippen LogP contribution in [0.15, 0.2) is 12.1 Å². The first-order valence-electron chi connectivity index (χ1n) is 5.67. The molecule has 3 rings (SSSR count). The van der Waals surface area contributed by atoms with Crippen LogP contribution < -0.4 is 9.47 Å². The molecule has 1 aliphatic heterocycles. The van der Waals surface area contributed by atoms with Crippen molar-refractivity contribution in [1.29, 1.82) is 5.26 Å². The van der Waals surface area contributed by atoms with Gasteiger partial charge in [0.15, 0.2) is 17.3 Å². The van der Waals surface area contributed by atoms with Crippen LogP contribution >= 0.6 is 0 Å². The van der Waals surface area contributed by atoms with Gasteiger partial charge in [-0.25, -0.2) is 0 Å². The van der Waals surface area contributed by atoms with E-state index in [0.29, 0.717) is 35.8 Å². The molecule has 1 aliphatic carbocycles. The normalized spacial score (nSPS) is 17.4. The van der Waals surface area contributed by atoms with Crippen molar-refractivity contribution in [3.05, 3.63) is 23.3 Å². The Labute approximate surface area is 98.8 Å². The van der Waals surface area contributed by atoms with Crippen LogP contribution in [0.25, 0.3) is 0 Å². The fraction of sp³-hybridized carbons (Fsp3) is 0.385. The number of benzene rings is 1. The molecule has 0 bridgehead atoms. The third kappa shape index (κ3) is 1.74. The Hall–Kier alpha value is -2.02. The Morgan fingerprint density at radius 2 is 1.88 bits per heavy atom. The molecule has 4 nitrogen and oxygen atoms in total. The Bertz CT molecular complexity index is 526. The summed E-state index contributed by atoms with van der Waals surface area (Å²) in [5.74, 6) is 1.28. The predicted octanol–water partition coefficient (Wildman–Crippen LogP) is 1.92. The van der Waals surface area contributed by atoms with E-state index >= 15 is 0 Å². The van der Waals surface area contributed by atoms with E-state index in [1.165, 1.54) is 0 Å². The third-order valence-corrected chi connectivity index (χ3v) is 3.02. The SMILES string of the molecule is N#Cc1cc2c(cc1C(=O)C1CC1)OCCO2. The van der Waals surface area contributed by atoms with Crippen molar-refractivity contribution in [3.63, 3.8) is 0 Å². The van der Waals surface area contributed by atoms with E-state index in [1.54, 1.807) is 12.1 Å². The number of fused-ring (bicyclic) bond motifs is 1. The van der Waals surface area contributed by atoms with E-state index in [4.69, 9.17) is 14.7 Å². The first-order valence-corrected chi connectivity index (χ1v) is 5.67. The Kier molecular flexibility index (Phi) is 2.25. The minimum atomic E-state index is 0.0542. The zero-order chi connectivity index (χ0) is 11.8. The largest absolute Gasteiger partial charge is 0.486 e. The van der Waals surface area contributed by atoms with Crippen molar-refractivity contribution in [2.45, 2.75) is 12.8 Å². The summed E-state index contributed by atoms with van der Waals surface area (Å²) in [6.07, 6.45) is 1.86. The molecule has 86 valence electrons. The van der Waals surface area contributed by atoms with Gasteiger partial charge in [0.1, 0.15) is 19.3 Å². The highest BCUT2D eigenvalue weighted by Crippen LogP contribution is 2.38. The molecule has 0 aromatic heterocycles. The summed E-state index contributed by atoms with van der Waals surface area (Å²) in [6.45, 7) is 0.962. The average molecular weight is 229 g/mol. The fourth-order valence-corrected chi connectivity index (χ4v) is 1.95. The minimum absolute atomic E-state index is 0.0542. The lowest BCUT2D eigenvalue weighted by Gasteiger charge is -2.19. The van der Waals surface area contributed by atoms with Gasteiger partial charge in [-0.05, 0) is 18.9 Å². The summed E-state index contributed by atoms with van der Waals surface area (Å²) >= 11 is 0. The van der Waals surface area contributed by atoms with E-state index in [9.17, 15) is 4.79 Å². The number of carbonyl (C=O) groups excluding carboxylic acids is 1. The van der Waals surface area contributed by atoms with Crippen molar-refractivity contribution in [3.8, 4) is 17.6 Å². The van der Waals surface area contributed by atoms with E-state index in [0.717, 1.165) is 12.8 Å².